The molecule has 166 valence electrons. The second-order valence-electron chi connectivity index (χ2n) is 8.86. The van der Waals surface area contributed by atoms with E-state index in [0.29, 0.717) is 25.7 Å². The Hall–Kier alpha value is -2.95. The Morgan fingerprint density at radius 2 is 1.66 bits per heavy atom. The maximum Gasteiger partial charge on any atom is 0.224 e. The fourth-order valence-corrected chi connectivity index (χ4v) is 4.71. The normalized spacial score (nSPS) is 19.2. The van der Waals surface area contributed by atoms with Gasteiger partial charge in [0.1, 0.15) is 0 Å². The van der Waals surface area contributed by atoms with Crippen LogP contribution in [0.15, 0.2) is 78.9 Å². The van der Waals surface area contributed by atoms with Crippen LogP contribution in [0.25, 0.3) is 0 Å². The lowest BCUT2D eigenvalue weighted by Gasteiger charge is -2.24. The minimum Gasteiger partial charge on any atom is -0.393 e. The minimum absolute atomic E-state index is 0.126. The first kappa shape index (κ1) is 22.3. The van der Waals surface area contributed by atoms with E-state index in [1.54, 1.807) is 0 Å². The van der Waals surface area contributed by atoms with E-state index >= 15 is 0 Å². The van der Waals surface area contributed by atoms with Gasteiger partial charge in [0, 0.05) is 12.3 Å². The average molecular weight is 430 g/mol. The Kier molecular flexibility index (Phi) is 7.03. The maximum atomic E-state index is 13.4. The minimum atomic E-state index is -0.634. The summed E-state index contributed by atoms with van der Waals surface area (Å²) in [6.45, 7) is 2.04. The predicted octanol–water partition coefficient (Wildman–Crippen LogP) is 3.92. The lowest BCUT2D eigenvalue weighted by atomic mass is 9.89. The topological polar surface area (TPSA) is 69.6 Å². The molecule has 1 unspecified atom stereocenters. The van der Waals surface area contributed by atoms with Crippen molar-refractivity contribution >= 4 is 5.91 Å². The number of carbonyl (C=O) groups is 1. The molecule has 4 rings (SSSR count). The monoisotopic (exact) mass is 429 g/mol. The number of aliphatic hydroxyl groups is 2. The van der Waals surface area contributed by atoms with Crippen molar-refractivity contribution in [1.29, 1.82) is 0 Å². The molecule has 0 aromatic heterocycles. The van der Waals surface area contributed by atoms with Crippen LogP contribution in [0, 0.1) is 12.8 Å². The molecule has 0 saturated carbocycles. The summed E-state index contributed by atoms with van der Waals surface area (Å²) in [6, 6.07) is 25.4. The smallest absolute Gasteiger partial charge is 0.224 e. The first-order chi connectivity index (χ1) is 15.5. The highest BCUT2D eigenvalue weighted by molar-refractivity contribution is 5.79. The summed E-state index contributed by atoms with van der Waals surface area (Å²) in [5, 5.41) is 24.5. The zero-order valence-corrected chi connectivity index (χ0v) is 18.4. The molecule has 0 saturated heterocycles. The summed E-state index contributed by atoms with van der Waals surface area (Å²) in [5.74, 6) is -0.519. The van der Waals surface area contributed by atoms with Crippen LogP contribution in [-0.2, 0) is 24.1 Å². The van der Waals surface area contributed by atoms with Gasteiger partial charge in [-0.1, -0.05) is 78.9 Å². The molecule has 4 heteroatoms. The van der Waals surface area contributed by atoms with Crippen LogP contribution in [-0.4, -0.2) is 28.3 Å². The number of fused-ring (bicyclic) bond motifs is 1. The number of hydrogen-bond donors (Lipinski definition) is 3. The van der Waals surface area contributed by atoms with Crippen LogP contribution in [0.3, 0.4) is 0 Å². The molecule has 1 aliphatic carbocycles. The fourth-order valence-electron chi connectivity index (χ4n) is 4.71. The molecule has 4 nitrogen and oxygen atoms in total. The molecule has 0 fully saturated rings. The number of nitrogens with one attached hydrogen (secondary N) is 1. The molecule has 3 aromatic rings. The highest BCUT2D eigenvalue weighted by atomic mass is 16.3. The molecule has 0 bridgehead atoms. The Bertz CT molecular complexity index is 1050. The summed E-state index contributed by atoms with van der Waals surface area (Å²) in [7, 11) is 0. The van der Waals surface area contributed by atoms with Crippen molar-refractivity contribution in [3.05, 3.63) is 107 Å². The van der Waals surface area contributed by atoms with E-state index in [-0.39, 0.29) is 5.91 Å². The van der Waals surface area contributed by atoms with Gasteiger partial charge in [-0.15, -0.1) is 0 Å². The van der Waals surface area contributed by atoms with Crippen molar-refractivity contribution in [3.8, 4) is 0 Å². The first-order valence-corrected chi connectivity index (χ1v) is 11.3. The third-order valence-electron chi connectivity index (χ3n) is 6.47. The van der Waals surface area contributed by atoms with E-state index in [1.165, 1.54) is 0 Å². The molecular formula is C28H31NO3. The van der Waals surface area contributed by atoms with Gasteiger partial charge in [-0.3, -0.25) is 4.79 Å². The lowest BCUT2D eigenvalue weighted by molar-refractivity contribution is -0.127. The molecule has 0 heterocycles. The molecular weight excluding hydrogens is 398 g/mol. The zero-order chi connectivity index (χ0) is 22.5. The summed E-state index contributed by atoms with van der Waals surface area (Å²) in [6.07, 6.45) is 0.698. The SMILES string of the molecule is Cc1ccccc1C[C@@H](O)CC(Cc1ccccc1)C(=O)N[C@H]1c2ccccc2C[C@H]1O. The molecule has 3 aromatic carbocycles. The van der Waals surface area contributed by atoms with Gasteiger partial charge in [0.15, 0.2) is 0 Å². The van der Waals surface area contributed by atoms with Gasteiger partial charge in [0.2, 0.25) is 5.91 Å². The number of carbonyl (C=O) groups excluding carboxylic acids is 1. The number of hydrogen-bond acceptors (Lipinski definition) is 3. The van der Waals surface area contributed by atoms with Crippen LogP contribution in [0.4, 0.5) is 0 Å². The molecule has 3 N–H and O–H groups in total. The summed E-state index contributed by atoms with van der Waals surface area (Å²) in [4.78, 5) is 13.4. The van der Waals surface area contributed by atoms with Crippen molar-refractivity contribution < 1.29 is 15.0 Å². The molecule has 32 heavy (non-hydrogen) atoms. The van der Waals surface area contributed by atoms with Gasteiger partial charge in [-0.25, -0.2) is 0 Å². The summed E-state index contributed by atoms with van der Waals surface area (Å²) >= 11 is 0. The Morgan fingerprint density at radius 1 is 0.969 bits per heavy atom. The lowest BCUT2D eigenvalue weighted by Crippen LogP contribution is -2.39. The number of benzene rings is 3. The van der Waals surface area contributed by atoms with E-state index in [4.69, 9.17) is 0 Å². The van der Waals surface area contributed by atoms with E-state index in [1.807, 2.05) is 85.8 Å². The van der Waals surface area contributed by atoms with E-state index in [9.17, 15) is 15.0 Å². The third-order valence-corrected chi connectivity index (χ3v) is 6.47. The highest BCUT2D eigenvalue weighted by Crippen LogP contribution is 2.32. The van der Waals surface area contributed by atoms with Gasteiger partial charge < -0.3 is 15.5 Å². The van der Waals surface area contributed by atoms with Gasteiger partial charge in [0.05, 0.1) is 18.2 Å². The van der Waals surface area contributed by atoms with E-state index < -0.39 is 24.2 Å². The fraction of sp³-hybridized carbons (Fsp3) is 0.321. The predicted molar refractivity (Wildman–Crippen MR) is 126 cm³/mol. The molecule has 4 atom stereocenters. The van der Waals surface area contributed by atoms with Crippen LogP contribution < -0.4 is 5.32 Å². The number of aliphatic hydroxyl groups excluding tert-OH is 2. The van der Waals surface area contributed by atoms with Gasteiger partial charge in [0.25, 0.3) is 0 Å². The first-order valence-electron chi connectivity index (χ1n) is 11.3. The van der Waals surface area contributed by atoms with Gasteiger partial charge in [-0.2, -0.15) is 0 Å². The quantitative estimate of drug-likeness (QED) is 0.508. The van der Waals surface area contributed by atoms with Crippen molar-refractivity contribution in [2.24, 2.45) is 5.92 Å². The Balaban J connectivity index is 1.50. The van der Waals surface area contributed by atoms with Gasteiger partial charge >= 0.3 is 0 Å². The standard InChI is InChI=1S/C28H31NO3/c1-19-9-5-6-12-21(19)16-24(30)17-23(15-20-10-3-2-4-11-20)28(32)29-27-25-14-8-7-13-22(25)18-26(27)31/h2-14,23-24,26-27,30-31H,15-18H2,1H3,(H,29,32)/t23?,24-,26-,27+/m1/s1. The Morgan fingerprint density at radius 3 is 2.44 bits per heavy atom. The van der Waals surface area contributed by atoms with Crippen molar-refractivity contribution in [3.63, 3.8) is 0 Å². The molecule has 0 radical (unpaired) electrons. The molecule has 1 aliphatic rings. The van der Waals surface area contributed by atoms with Crippen molar-refractivity contribution in [2.75, 3.05) is 0 Å². The molecule has 1 amide bonds. The molecule has 0 spiro atoms. The number of rotatable bonds is 8. The molecule has 0 aliphatic heterocycles. The second kappa shape index (κ2) is 10.1. The second-order valence-corrected chi connectivity index (χ2v) is 8.86. The Labute approximate surface area is 189 Å². The summed E-state index contributed by atoms with van der Waals surface area (Å²) in [5.41, 5.74) is 5.35. The number of aryl methyl sites for hydroxylation is 1. The van der Waals surface area contributed by atoms with Crippen LogP contribution >= 0.6 is 0 Å². The van der Waals surface area contributed by atoms with E-state index in [2.05, 4.69) is 5.32 Å². The van der Waals surface area contributed by atoms with Crippen molar-refractivity contribution in [1.82, 2.24) is 5.32 Å². The van der Waals surface area contributed by atoms with Gasteiger partial charge in [-0.05, 0) is 54.0 Å². The van der Waals surface area contributed by atoms with Crippen LogP contribution in [0.2, 0.25) is 0 Å². The summed E-state index contributed by atoms with van der Waals surface area (Å²) < 4.78 is 0. The number of amides is 1. The largest absolute Gasteiger partial charge is 0.393 e. The van der Waals surface area contributed by atoms with E-state index in [0.717, 1.165) is 27.8 Å². The average Bonchev–Trinajstić information content (AvgIpc) is 3.10. The maximum absolute atomic E-state index is 13.4. The zero-order valence-electron chi connectivity index (χ0n) is 18.4. The third kappa shape index (κ3) is 5.26. The van der Waals surface area contributed by atoms with Crippen molar-refractivity contribution in [2.45, 2.75) is 50.9 Å². The van der Waals surface area contributed by atoms with Crippen LogP contribution in [0.1, 0.15) is 40.3 Å². The highest BCUT2D eigenvalue weighted by Gasteiger charge is 2.34. The van der Waals surface area contributed by atoms with Crippen LogP contribution in [0.5, 0.6) is 0 Å².